The molecule has 5 nitrogen and oxygen atoms in total. The lowest BCUT2D eigenvalue weighted by Gasteiger charge is -2.12. The third kappa shape index (κ3) is 3.46. The second kappa shape index (κ2) is 6.71. The molecule has 0 saturated carbocycles. The van der Waals surface area contributed by atoms with E-state index in [0.29, 0.717) is 18.7 Å². The number of amides is 2. The van der Waals surface area contributed by atoms with Crippen molar-refractivity contribution in [3.63, 3.8) is 0 Å². The number of aliphatic hydroxyl groups is 1. The molecule has 2 amide bonds. The van der Waals surface area contributed by atoms with Crippen LogP contribution >= 0.6 is 0 Å². The minimum Gasteiger partial charge on any atom is -0.456 e. The highest BCUT2D eigenvalue weighted by molar-refractivity contribution is 6.06. The molecule has 0 aliphatic heterocycles. The van der Waals surface area contributed by atoms with Gasteiger partial charge < -0.3 is 20.2 Å². The van der Waals surface area contributed by atoms with Crippen molar-refractivity contribution >= 4 is 33.7 Å². The topological polar surface area (TPSA) is 74.5 Å². The van der Waals surface area contributed by atoms with Crippen LogP contribution in [0.4, 0.5) is 10.5 Å². The Balaban J connectivity index is 1.71. The molecule has 120 valence electrons. The Morgan fingerprint density at radius 2 is 1.96 bits per heavy atom. The van der Waals surface area contributed by atoms with E-state index >= 15 is 0 Å². The summed E-state index contributed by atoms with van der Waals surface area (Å²) in [6.45, 7) is 2.64. The first-order chi connectivity index (χ1) is 11.2. The molecule has 3 rings (SSSR count). The fraction of sp³-hybridized carbons (Fsp3) is 0.278. The number of aliphatic hydroxyl groups excluding tert-OH is 1. The van der Waals surface area contributed by atoms with Crippen LogP contribution in [0.2, 0.25) is 0 Å². The second-order valence-electron chi connectivity index (χ2n) is 5.76. The van der Waals surface area contributed by atoms with Crippen LogP contribution in [0, 0.1) is 5.92 Å². The number of benzene rings is 2. The van der Waals surface area contributed by atoms with Crippen LogP contribution in [-0.4, -0.2) is 24.3 Å². The summed E-state index contributed by atoms with van der Waals surface area (Å²) in [4.78, 5) is 11.9. The van der Waals surface area contributed by atoms with E-state index in [1.54, 1.807) is 0 Å². The minimum atomic E-state index is -0.259. The summed E-state index contributed by atoms with van der Waals surface area (Å²) in [6, 6.07) is 13.2. The van der Waals surface area contributed by atoms with Crippen LogP contribution in [0.1, 0.15) is 13.3 Å². The Morgan fingerprint density at radius 1 is 1.17 bits per heavy atom. The first kappa shape index (κ1) is 15.4. The largest absolute Gasteiger partial charge is 0.456 e. The summed E-state index contributed by atoms with van der Waals surface area (Å²) in [6.07, 6.45) is 0.672. The molecule has 3 aromatic rings. The maximum Gasteiger partial charge on any atom is 0.319 e. The van der Waals surface area contributed by atoms with Crippen LogP contribution in [0.15, 0.2) is 46.9 Å². The molecule has 1 atom stereocenters. The van der Waals surface area contributed by atoms with Crippen LogP contribution in [0.3, 0.4) is 0 Å². The Bertz CT molecular complexity index is 825. The highest BCUT2D eigenvalue weighted by atomic mass is 16.3. The molecule has 5 heteroatoms. The van der Waals surface area contributed by atoms with Crippen LogP contribution in [-0.2, 0) is 0 Å². The number of anilines is 1. The molecular formula is C18H20N2O3. The van der Waals surface area contributed by atoms with Gasteiger partial charge in [0.25, 0.3) is 0 Å². The van der Waals surface area contributed by atoms with Gasteiger partial charge in [0.05, 0.1) is 0 Å². The summed E-state index contributed by atoms with van der Waals surface area (Å²) >= 11 is 0. The molecule has 1 unspecified atom stereocenters. The van der Waals surface area contributed by atoms with Gasteiger partial charge in [-0.2, -0.15) is 0 Å². The first-order valence-corrected chi connectivity index (χ1v) is 7.74. The van der Waals surface area contributed by atoms with Gasteiger partial charge in [0.1, 0.15) is 11.2 Å². The molecule has 1 heterocycles. The second-order valence-corrected chi connectivity index (χ2v) is 5.76. The van der Waals surface area contributed by atoms with E-state index in [1.165, 1.54) is 0 Å². The third-order valence-corrected chi connectivity index (χ3v) is 3.87. The van der Waals surface area contributed by atoms with Crippen molar-refractivity contribution in [2.75, 3.05) is 18.5 Å². The summed E-state index contributed by atoms with van der Waals surface area (Å²) in [5.74, 6) is 0.239. The molecule has 0 spiro atoms. The Morgan fingerprint density at radius 3 is 2.78 bits per heavy atom. The fourth-order valence-electron chi connectivity index (χ4n) is 2.57. The molecule has 0 radical (unpaired) electrons. The fourth-order valence-corrected chi connectivity index (χ4v) is 2.57. The lowest BCUT2D eigenvalue weighted by molar-refractivity contribution is 0.243. The SMILES string of the molecule is CC(CCO)CNC(=O)Nc1ccc2c(c1)oc1ccccc12. The number of fused-ring (bicyclic) bond motifs is 3. The average Bonchev–Trinajstić information content (AvgIpc) is 2.91. The average molecular weight is 312 g/mol. The zero-order chi connectivity index (χ0) is 16.2. The van der Waals surface area contributed by atoms with Gasteiger partial charge in [0, 0.05) is 35.7 Å². The minimum absolute atomic E-state index is 0.132. The molecule has 0 aliphatic rings. The van der Waals surface area contributed by atoms with Gasteiger partial charge in [-0.1, -0.05) is 25.1 Å². The van der Waals surface area contributed by atoms with E-state index < -0.39 is 0 Å². The van der Waals surface area contributed by atoms with Crippen molar-refractivity contribution in [3.05, 3.63) is 42.5 Å². The van der Waals surface area contributed by atoms with E-state index in [-0.39, 0.29) is 18.6 Å². The van der Waals surface area contributed by atoms with E-state index in [0.717, 1.165) is 21.9 Å². The maximum absolute atomic E-state index is 11.9. The van der Waals surface area contributed by atoms with Crippen LogP contribution < -0.4 is 10.6 Å². The third-order valence-electron chi connectivity index (χ3n) is 3.87. The first-order valence-electron chi connectivity index (χ1n) is 7.74. The van der Waals surface area contributed by atoms with E-state index in [9.17, 15) is 4.79 Å². The zero-order valence-corrected chi connectivity index (χ0v) is 13.0. The molecule has 1 aromatic heterocycles. The number of urea groups is 1. The molecule has 0 bridgehead atoms. The van der Waals surface area contributed by atoms with Crippen LogP contribution in [0.5, 0.6) is 0 Å². The van der Waals surface area contributed by atoms with Crippen molar-refractivity contribution in [2.45, 2.75) is 13.3 Å². The summed E-state index contributed by atoms with van der Waals surface area (Å²) in [7, 11) is 0. The highest BCUT2D eigenvalue weighted by Crippen LogP contribution is 2.30. The molecule has 3 N–H and O–H groups in total. The molecule has 2 aromatic carbocycles. The molecular weight excluding hydrogens is 292 g/mol. The van der Waals surface area contributed by atoms with Gasteiger partial charge in [0.15, 0.2) is 0 Å². The summed E-state index contributed by atoms with van der Waals surface area (Å²) in [5.41, 5.74) is 2.27. The van der Waals surface area contributed by atoms with Crippen molar-refractivity contribution < 1.29 is 14.3 Å². The van der Waals surface area contributed by atoms with Crippen LogP contribution in [0.25, 0.3) is 21.9 Å². The van der Waals surface area contributed by atoms with E-state index in [1.807, 2.05) is 49.4 Å². The molecule has 0 saturated heterocycles. The number of hydrogen-bond acceptors (Lipinski definition) is 3. The Hall–Kier alpha value is -2.53. The van der Waals surface area contributed by atoms with E-state index in [4.69, 9.17) is 9.52 Å². The van der Waals surface area contributed by atoms with Crippen molar-refractivity contribution in [2.24, 2.45) is 5.92 Å². The van der Waals surface area contributed by atoms with E-state index in [2.05, 4.69) is 10.6 Å². The highest BCUT2D eigenvalue weighted by Gasteiger charge is 2.09. The predicted molar refractivity (Wildman–Crippen MR) is 91.6 cm³/mol. The number of nitrogens with one attached hydrogen (secondary N) is 2. The van der Waals surface area contributed by atoms with Crippen molar-refractivity contribution in [3.8, 4) is 0 Å². The van der Waals surface area contributed by atoms with Gasteiger partial charge >= 0.3 is 6.03 Å². The molecule has 0 aliphatic carbocycles. The number of furan rings is 1. The number of para-hydroxylation sites is 1. The Labute approximate surface area is 134 Å². The lowest BCUT2D eigenvalue weighted by Crippen LogP contribution is -2.32. The quantitative estimate of drug-likeness (QED) is 0.672. The smallest absolute Gasteiger partial charge is 0.319 e. The monoisotopic (exact) mass is 312 g/mol. The van der Waals surface area contributed by atoms with Crippen molar-refractivity contribution in [1.29, 1.82) is 0 Å². The lowest BCUT2D eigenvalue weighted by atomic mass is 10.1. The number of rotatable bonds is 5. The summed E-state index contributed by atoms with van der Waals surface area (Å²) < 4.78 is 5.81. The zero-order valence-electron chi connectivity index (χ0n) is 13.0. The number of carbonyl (C=O) groups excluding carboxylic acids is 1. The number of carbonyl (C=O) groups is 1. The van der Waals surface area contributed by atoms with Crippen molar-refractivity contribution in [1.82, 2.24) is 5.32 Å². The van der Waals surface area contributed by atoms with Gasteiger partial charge in [-0.3, -0.25) is 0 Å². The maximum atomic E-state index is 11.9. The molecule has 23 heavy (non-hydrogen) atoms. The molecule has 0 fully saturated rings. The van der Waals surface area contributed by atoms with Gasteiger partial charge in [-0.05, 0) is 30.5 Å². The van der Waals surface area contributed by atoms with Gasteiger partial charge in [0.2, 0.25) is 0 Å². The Kier molecular flexibility index (Phi) is 4.48. The standard InChI is InChI=1S/C18H20N2O3/c1-12(8-9-21)11-19-18(22)20-13-6-7-15-14-4-2-3-5-16(14)23-17(15)10-13/h2-7,10,12,21H,8-9,11H2,1H3,(H2,19,20,22). The van der Waals surface area contributed by atoms with Gasteiger partial charge in [-0.25, -0.2) is 4.79 Å². The predicted octanol–water partition coefficient (Wildman–Crippen LogP) is 3.73. The normalized spacial score (nSPS) is 12.4. The number of hydrogen-bond donors (Lipinski definition) is 3. The van der Waals surface area contributed by atoms with Gasteiger partial charge in [-0.15, -0.1) is 0 Å². The summed E-state index contributed by atoms with van der Waals surface area (Å²) in [5, 5.41) is 16.6.